The van der Waals surface area contributed by atoms with E-state index in [-0.39, 0.29) is 0 Å². The van der Waals surface area contributed by atoms with Crippen LogP contribution in [-0.4, -0.2) is 40.5 Å². The molecule has 2 heterocycles. The molecule has 0 aromatic rings. The maximum atomic E-state index is 6.22. The zero-order chi connectivity index (χ0) is 14.7. The Labute approximate surface area is 138 Å². The average molecular weight is 330 g/mol. The lowest BCUT2D eigenvalue weighted by Gasteiger charge is -2.39. The lowest BCUT2D eigenvalue weighted by atomic mass is 10.00. The van der Waals surface area contributed by atoms with Gasteiger partial charge in [0.25, 0.3) is 0 Å². The van der Waals surface area contributed by atoms with Gasteiger partial charge in [0.1, 0.15) is 0 Å². The summed E-state index contributed by atoms with van der Waals surface area (Å²) < 4.78 is 0. The van der Waals surface area contributed by atoms with Crippen LogP contribution in [0.5, 0.6) is 0 Å². The van der Waals surface area contributed by atoms with E-state index in [9.17, 15) is 0 Å². The maximum absolute atomic E-state index is 6.22. The zero-order valence-electron chi connectivity index (χ0n) is 13.0. The Kier molecular flexibility index (Phi) is 5.88. The molecule has 0 bridgehead atoms. The van der Waals surface area contributed by atoms with Gasteiger partial charge in [-0.25, -0.2) is 0 Å². The summed E-state index contributed by atoms with van der Waals surface area (Å²) >= 11 is 8.37. The van der Waals surface area contributed by atoms with Crippen molar-refractivity contribution < 1.29 is 0 Å². The molecule has 0 spiro atoms. The maximum Gasteiger partial charge on any atom is 0.0976 e. The Hall–Kier alpha value is 0.230. The first-order valence-electron chi connectivity index (χ1n) is 8.55. The first-order chi connectivity index (χ1) is 10.2. The van der Waals surface area contributed by atoms with Crippen LogP contribution in [0, 0.1) is 0 Å². The van der Waals surface area contributed by atoms with Gasteiger partial charge in [-0.2, -0.15) is 0 Å². The summed E-state index contributed by atoms with van der Waals surface area (Å²) in [6.07, 6.45) is 10.2. The Bertz CT molecular complexity index is 369. The van der Waals surface area contributed by atoms with E-state index in [1.165, 1.54) is 50.7 Å². The fourth-order valence-corrected chi connectivity index (χ4v) is 5.48. The second-order valence-electron chi connectivity index (χ2n) is 6.73. The van der Waals surface area contributed by atoms with Crippen LogP contribution in [0.1, 0.15) is 58.3 Å². The molecule has 1 aliphatic carbocycles. The van der Waals surface area contributed by atoms with Crippen molar-refractivity contribution in [2.75, 3.05) is 6.54 Å². The largest absolute Gasteiger partial charge is 0.294 e. The fourth-order valence-electron chi connectivity index (χ4n) is 3.61. The SMILES string of the molecule is CC1CC(SC2CCC(Cl)CC2)NC(C2=NCCCC2)N1. The van der Waals surface area contributed by atoms with E-state index in [4.69, 9.17) is 16.6 Å². The van der Waals surface area contributed by atoms with Crippen LogP contribution < -0.4 is 10.6 Å². The lowest BCUT2D eigenvalue weighted by molar-refractivity contribution is 0.344. The van der Waals surface area contributed by atoms with Crippen LogP contribution >= 0.6 is 23.4 Å². The summed E-state index contributed by atoms with van der Waals surface area (Å²) in [7, 11) is 0. The molecule has 0 radical (unpaired) electrons. The number of hydrogen-bond acceptors (Lipinski definition) is 4. The number of rotatable bonds is 3. The Morgan fingerprint density at radius 1 is 1.14 bits per heavy atom. The number of hydrogen-bond donors (Lipinski definition) is 2. The van der Waals surface area contributed by atoms with Gasteiger partial charge in [-0.05, 0) is 58.3 Å². The topological polar surface area (TPSA) is 36.4 Å². The van der Waals surface area contributed by atoms with E-state index in [1.807, 2.05) is 0 Å². The molecule has 1 saturated carbocycles. The second kappa shape index (κ2) is 7.67. The van der Waals surface area contributed by atoms with Gasteiger partial charge in [-0.3, -0.25) is 15.6 Å². The van der Waals surface area contributed by atoms with Gasteiger partial charge in [-0.15, -0.1) is 23.4 Å². The van der Waals surface area contributed by atoms with Gasteiger partial charge in [0.2, 0.25) is 0 Å². The third-order valence-electron chi connectivity index (χ3n) is 4.82. The summed E-state index contributed by atoms with van der Waals surface area (Å²) in [5.41, 5.74) is 1.35. The molecule has 3 nitrogen and oxygen atoms in total. The molecule has 2 N–H and O–H groups in total. The van der Waals surface area contributed by atoms with E-state index in [0.29, 0.717) is 23.0 Å². The Morgan fingerprint density at radius 2 is 1.95 bits per heavy atom. The van der Waals surface area contributed by atoms with E-state index >= 15 is 0 Å². The Balaban J connectivity index is 1.54. The van der Waals surface area contributed by atoms with Crippen LogP contribution in [0.2, 0.25) is 0 Å². The quantitative estimate of drug-likeness (QED) is 0.778. The van der Waals surface area contributed by atoms with Crippen molar-refractivity contribution in [2.24, 2.45) is 4.99 Å². The van der Waals surface area contributed by atoms with E-state index in [0.717, 1.165) is 18.2 Å². The molecule has 3 aliphatic rings. The van der Waals surface area contributed by atoms with Gasteiger partial charge in [0.15, 0.2) is 0 Å². The molecule has 3 atom stereocenters. The summed E-state index contributed by atoms with van der Waals surface area (Å²) in [5, 5.41) is 9.26. The molecule has 0 aromatic heterocycles. The minimum absolute atomic E-state index is 0.302. The van der Waals surface area contributed by atoms with Gasteiger partial charge >= 0.3 is 0 Å². The van der Waals surface area contributed by atoms with Crippen molar-refractivity contribution in [1.82, 2.24) is 10.6 Å². The molecule has 1 saturated heterocycles. The van der Waals surface area contributed by atoms with Crippen LogP contribution in [-0.2, 0) is 0 Å². The van der Waals surface area contributed by atoms with E-state index in [2.05, 4.69) is 29.3 Å². The predicted octanol–water partition coefficient (Wildman–Crippen LogP) is 3.52. The normalized spacial score (nSPS) is 41.6. The van der Waals surface area contributed by atoms with Crippen molar-refractivity contribution >= 4 is 29.1 Å². The highest BCUT2D eigenvalue weighted by Crippen LogP contribution is 2.34. The summed E-state index contributed by atoms with van der Waals surface area (Å²) in [6.45, 7) is 3.32. The standard InChI is InChI=1S/C16H28ClN3S/c1-11-10-15(21-13-7-5-12(17)6-8-13)20-16(19-11)14-4-2-3-9-18-14/h11-13,15-16,19-20H,2-10H2,1H3. The number of thioether (sulfide) groups is 1. The predicted molar refractivity (Wildman–Crippen MR) is 93.6 cm³/mol. The monoisotopic (exact) mass is 329 g/mol. The van der Waals surface area contributed by atoms with Crippen molar-refractivity contribution in [3.63, 3.8) is 0 Å². The zero-order valence-corrected chi connectivity index (χ0v) is 14.6. The average Bonchev–Trinajstić information content (AvgIpc) is 2.50. The van der Waals surface area contributed by atoms with Crippen molar-refractivity contribution in [2.45, 2.75) is 86.5 Å². The molecule has 3 unspecified atom stereocenters. The second-order valence-corrected chi connectivity index (χ2v) is 8.86. The molecule has 120 valence electrons. The third kappa shape index (κ3) is 4.60. The molecular weight excluding hydrogens is 302 g/mol. The number of aliphatic imine (C=N–C) groups is 1. The smallest absolute Gasteiger partial charge is 0.0976 e. The summed E-state index contributed by atoms with van der Waals surface area (Å²) in [4.78, 5) is 4.74. The van der Waals surface area contributed by atoms with Gasteiger partial charge in [0, 0.05) is 28.9 Å². The molecular formula is C16H28ClN3S. The number of halogens is 1. The molecule has 0 aromatic carbocycles. The van der Waals surface area contributed by atoms with Crippen LogP contribution in [0.4, 0.5) is 0 Å². The number of alkyl halides is 1. The van der Waals surface area contributed by atoms with Crippen LogP contribution in [0.3, 0.4) is 0 Å². The first-order valence-corrected chi connectivity index (χ1v) is 9.93. The van der Waals surface area contributed by atoms with Crippen molar-refractivity contribution in [3.05, 3.63) is 0 Å². The summed E-state index contributed by atoms with van der Waals surface area (Å²) in [5.74, 6) is 0. The van der Waals surface area contributed by atoms with E-state index in [1.54, 1.807) is 0 Å². The van der Waals surface area contributed by atoms with Crippen molar-refractivity contribution in [3.8, 4) is 0 Å². The van der Waals surface area contributed by atoms with Gasteiger partial charge < -0.3 is 0 Å². The van der Waals surface area contributed by atoms with Crippen molar-refractivity contribution in [1.29, 1.82) is 0 Å². The van der Waals surface area contributed by atoms with Crippen LogP contribution in [0.15, 0.2) is 4.99 Å². The molecule has 0 amide bonds. The molecule has 21 heavy (non-hydrogen) atoms. The van der Waals surface area contributed by atoms with Gasteiger partial charge in [0.05, 0.1) is 11.5 Å². The number of nitrogens with one attached hydrogen (secondary N) is 2. The molecule has 5 heteroatoms. The van der Waals surface area contributed by atoms with Crippen LogP contribution in [0.25, 0.3) is 0 Å². The molecule has 2 fully saturated rings. The number of nitrogens with zero attached hydrogens (tertiary/aromatic N) is 1. The molecule has 2 aliphatic heterocycles. The molecule has 3 rings (SSSR count). The Morgan fingerprint density at radius 3 is 2.67 bits per heavy atom. The first kappa shape index (κ1) is 16.1. The minimum Gasteiger partial charge on any atom is -0.294 e. The van der Waals surface area contributed by atoms with Gasteiger partial charge in [-0.1, -0.05) is 0 Å². The highest BCUT2D eigenvalue weighted by Gasteiger charge is 2.31. The minimum atomic E-state index is 0.302. The third-order valence-corrected chi connectivity index (χ3v) is 6.77. The van der Waals surface area contributed by atoms with E-state index < -0.39 is 0 Å². The summed E-state index contributed by atoms with van der Waals surface area (Å²) in [6, 6.07) is 0.572. The fraction of sp³-hybridized carbons (Fsp3) is 0.938. The highest BCUT2D eigenvalue weighted by molar-refractivity contribution is 8.00. The highest BCUT2D eigenvalue weighted by atomic mass is 35.5. The lowest BCUT2D eigenvalue weighted by Crippen LogP contribution is -2.60.